The number of aryl methyl sites for hydroxylation is 2. The number of hydrogen-bond donors (Lipinski definition) is 2. The van der Waals surface area contributed by atoms with Crippen LogP contribution < -0.4 is 5.32 Å². The molecule has 1 amide bonds. The number of aromatic amines is 1. The summed E-state index contributed by atoms with van der Waals surface area (Å²) < 4.78 is 14.4. The first-order valence-corrected chi connectivity index (χ1v) is 10.8. The average molecular weight is 439 g/mol. The van der Waals surface area contributed by atoms with Crippen molar-refractivity contribution in [3.63, 3.8) is 0 Å². The Kier molecular flexibility index (Phi) is 5.34. The van der Waals surface area contributed by atoms with Gasteiger partial charge in [-0.25, -0.2) is 4.39 Å². The van der Waals surface area contributed by atoms with Gasteiger partial charge in [0.05, 0.1) is 5.52 Å². The fourth-order valence-corrected chi connectivity index (χ4v) is 4.07. The number of carbonyl (C=O) groups excluding carboxylic acids is 1. The molecule has 0 aliphatic carbocycles. The van der Waals surface area contributed by atoms with Gasteiger partial charge in [-0.1, -0.05) is 6.07 Å². The summed E-state index contributed by atoms with van der Waals surface area (Å²) in [6.45, 7) is 4.09. The number of hydrogen-bond acceptors (Lipinski definition) is 3. The second kappa shape index (κ2) is 8.47. The molecule has 2 N–H and O–H groups in total. The van der Waals surface area contributed by atoms with Crippen LogP contribution in [0, 0.1) is 19.7 Å². The fraction of sp³-hybridized carbons (Fsp3) is 0.148. The minimum Gasteiger partial charge on any atom is -0.361 e. The van der Waals surface area contributed by atoms with E-state index in [1.807, 2.05) is 38.4 Å². The molecule has 5 aromatic rings. The summed E-state index contributed by atoms with van der Waals surface area (Å²) in [5.41, 5.74) is 6.68. The molecule has 5 nitrogen and oxygen atoms in total. The van der Waals surface area contributed by atoms with Crippen molar-refractivity contribution < 1.29 is 9.18 Å². The molecule has 164 valence electrons. The van der Waals surface area contributed by atoms with E-state index < -0.39 is 0 Å². The minimum absolute atomic E-state index is 0.111. The van der Waals surface area contributed by atoms with Crippen LogP contribution in [0.3, 0.4) is 0 Å². The van der Waals surface area contributed by atoms with Crippen molar-refractivity contribution in [1.82, 2.24) is 20.3 Å². The molecule has 5 rings (SSSR count). The number of aromatic nitrogens is 3. The van der Waals surface area contributed by atoms with Crippen LogP contribution in [0.15, 0.2) is 67.1 Å². The fourth-order valence-electron chi connectivity index (χ4n) is 4.07. The largest absolute Gasteiger partial charge is 0.361 e. The van der Waals surface area contributed by atoms with Crippen molar-refractivity contribution >= 4 is 27.7 Å². The van der Waals surface area contributed by atoms with Gasteiger partial charge < -0.3 is 10.3 Å². The molecule has 0 aliphatic rings. The van der Waals surface area contributed by atoms with Crippen molar-refractivity contribution in [3.05, 3.63) is 106 Å². The third-order valence-corrected chi connectivity index (χ3v) is 5.84. The van der Waals surface area contributed by atoms with Gasteiger partial charge >= 0.3 is 0 Å². The topological polar surface area (TPSA) is 70.7 Å². The van der Waals surface area contributed by atoms with Gasteiger partial charge in [-0.3, -0.25) is 14.8 Å². The maximum absolute atomic E-state index is 14.4. The van der Waals surface area contributed by atoms with Crippen molar-refractivity contribution in [2.45, 2.75) is 26.8 Å². The Labute approximate surface area is 190 Å². The van der Waals surface area contributed by atoms with E-state index in [2.05, 4.69) is 32.4 Å². The van der Waals surface area contributed by atoms with E-state index in [0.29, 0.717) is 17.5 Å². The number of pyridine rings is 2. The maximum atomic E-state index is 14.4. The van der Waals surface area contributed by atoms with Gasteiger partial charge in [-0.05, 0) is 73.0 Å². The maximum Gasteiger partial charge on any atom is 0.251 e. The van der Waals surface area contributed by atoms with Crippen LogP contribution in [-0.4, -0.2) is 20.9 Å². The van der Waals surface area contributed by atoms with E-state index in [9.17, 15) is 9.18 Å². The second-order valence-electron chi connectivity index (χ2n) is 8.40. The van der Waals surface area contributed by atoms with Gasteiger partial charge in [0.15, 0.2) is 0 Å². The van der Waals surface area contributed by atoms with Crippen molar-refractivity contribution in [2.75, 3.05) is 0 Å². The number of carbonyl (C=O) groups is 1. The highest BCUT2D eigenvalue weighted by atomic mass is 19.1. The molecule has 0 spiro atoms. The Balaban J connectivity index is 1.31. The number of benzene rings is 2. The first kappa shape index (κ1) is 20.8. The predicted octanol–water partition coefficient (Wildman–Crippen LogP) is 5.39. The zero-order valence-corrected chi connectivity index (χ0v) is 18.4. The molecule has 0 bridgehead atoms. The SMILES string of the molecule is Cc1cnc2ccc(Cc3cc(C(=O)NCc4cc5c(C)c[nH]c5cc4F)ccn3)cc2c1. The Bertz CT molecular complexity index is 1510. The van der Waals surface area contributed by atoms with Crippen molar-refractivity contribution in [2.24, 2.45) is 0 Å². The van der Waals surface area contributed by atoms with Crippen LogP contribution in [0.25, 0.3) is 21.8 Å². The lowest BCUT2D eigenvalue weighted by Gasteiger charge is -2.09. The number of H-pyrrole nitrogens is 1. The quantitative estimate of drug-likeness (QED) is 0.387. The monoisotopic (exact) mass is 438 g/mol. The second-order valence-corrected chi connectivity index (χ2v) is 8.40. The summed E-state index contributed by atoms with van der Waals surface area (Å²) in [5.74, 6) is -0.608. The first-order chi connectivity index (χ1) is 16.0. The molecule has 3 heterocycles. The molecule has 0 unspecified atom stereocenters. The molecule has 0 aliphatic heterocycles. The Hall–Kier alpha value is -4.06. The first-order valence-electron chi connectivity index (χ1n) is 10.8. The molecular weight excluding hydrogens is 415 g/mol. The summed E-state index contributed by atoms with van der Waals surface area (Å²) in [6.07, 6.45) is 5.93. The summed E-state index contributed by atoms with van der Waals surface area (Å²) in [6, 6.07) is 14.9. The molecule has 0 radical (unpaired) electrons. The molecule has 33 heavy (non-hydrogen) atoms. The predicted molar refractivity (Wildman–Crippen MR) is 128 cm³/mol. The lowest BCUT2D eigenvalue weighted by molar-refractivity contribution is 0.0950. The Morgan fingerprint density at radius 1 is 1.06 bits per heavy atom. The molecule has 0 fully saturated rings. The van der Waals surface area contributed by atoms with E-state index in [1.165, 1.54) is 6.07 Å². The zero-order valence-electron chi connectivity index (χ0n) is 18.4. The summed E-state index contributed by atoms with van der Waals surface area (Å²) in [7, 11) is 0. The van der Waals surface area contributed by atoms with E-state index in [0.717, 1.165) is 44.2 Å². The molecular formula is C27H23FN4O. The van der Waals surface area contributed by atoms with Gasteiger partial charge in [-0.2, -0.15) is 0 Å². The Morgan fingerprint density at radius 3 is 2.82 bits per heavy atom. The van der Waals surface area contributed by atoms with Gasteiger partial charge in [0.1, 0.15) is 5.82 Å². The molecule has 3 aromatic heterocycles. The number of fused-ring (bicyclic) bond motifs is 2. The molecule has 6 heteroatoms. The Morgan fingerprint density at radius 2 is 1.94 bits per heavy atom. The smallest absolute Gasteiger partial charge is 0.251 e. The van der Waals surface area contributed by atoms with E-state index in [1.54, 1.807) is 24.4 Å². The van der Waals surface area contributed by atoms with Crippen LogP contribution in [0.5, 0.6) is 0 Å². The number of amides is 1. The highest BCUT2D eigenvalue weighted by Crippen LogP contribution is 2.22. The standard InChI is InChI=1S/C27H23FN4O/c1-16-7-20-8-18(3-4-25(20)30-13-16)9-22-10-19(5-6-29-22)27(33)32-15-21-11-23-17(2)14-31-26(23)12-24(21)28/h3-8,10-14,31H,9,15H2,1-2H3,(H,32,33). The molecule has 0 atom stereocenters. The molecule has 0 saturated carbocycles. The average Bonchev–Trinajstić information content (AvgIpc) is 3.16. The van der Waals surface area contributed by atoms with Crippen LogP contribution in [0.4, 0.5) is 4.39 Å². The third kappa shape index (κ3) is 4.32. The lowest BCUT2D eigenvalue weighted by atomic mass is 10.0. The highest BCUT2D eigenvalue weighted by Gasteiger charge is 2.12. The minimum atomic E-state index is -0.346. The number of halogens is 1. The van der Waals surface area contributed by atoms with E-state index in [-0.39, 0.29) is 18.3 Å². The van der Waals surface area contributed by atoms with E-state index in [4.69, 9.17) is 0 Å². The number of rotatable bonds is 5. The zero-order chi connectivity index (χ0) is 22.9. The summed E-state index contributed by atoms with van der Waals surface area (Å²) in [5, 5.41) is 4.86. The van der Waals surface area contributed by atoms with E-state index >= 15 is 0 Å². The van der Waals surface area contributed by atoms with Gasteiger partial charge in [0.2, 0.25) is 0 Å². The van der Waals surface area contributed by atoms with Crippen molar-refractivity contribution in [1.29, 1.82) is 0 Å². The van der Waals surface area contributed by atoms with Crippen LogP contribution in [0.2, 0.25) is 0 Å². The molecule has 2 aromatic carbocycles. The summed E-state index contributed by atoms with van der Waals surface area (Å²) in [4.78, 5) is 24.7. The van der Waals surface area contributed by atoms with Gasteiger partial charge in [0, 0.05) is 64.7 Å². The summed E-state index contributed by atoms with van der Waals surface area (Å²) >= 11 is 0. The van der Waals surface area contributed by atoms with Gasteiger partial charge in [-0.15, -0.1) is 0 Å². The van der Waals surface area contributed by atoms with Crippen molar-refractivity contribution in [3.8, 4) is 0 Å². The number of nitrogens with one attached hydrogen (secondary N) is 2. The lowest BCUT2D eigenvalue weighted by Crippen LogP contribution is -2.23. The normalized spacial score (nSPS) is 11.2. The van der Waals surface area contributed by atoms with Crippen LogP contribution >= 0.6 is 0 Å². The van der Waals surface area contributed by atoms with Gasteiger partial charge in [0.25, 0.3) is 5.91 Å². The highest BCUT2D eigenvalue weighted by molar-refractivity contribution is 5.94. The molecule has 0 saturated heterocycles. The third-order valence-electron chi connectivity index (χ3n) is 5.84. The number of nitrogens with zero attached hydrogens (tertiary/aromatic N) is 2. The van der Waals surface area contributed by atoms with Crippen LogP contribution in [-0.2, 0) is 13.0 Å². The van der Waals surface area contributed by atoms with Crippen LogP contribution in [0.1, 0.15) is 38.3 Å².